The van der Waals surface area contributed by atoms with E-state index in [2.05, 4.69) is 51.2 Å². The molecule has 0 radical (unpaired) electrons. The fourth-order valence-corrected chi connectivity index (χ4v) is 5.19. The summed E-state index contributed by atoms with van der Waals surface area (Å²) in [4.78, 5) is 12.2. The number of β-amino-alcohol motifs (C(OH)–C–C–N with tert-alkyl or cyclic N) is 1. The average Bonchev–Trinajstić information content (AvgIpc) is 3.44. The first-order valence-electron chi connectivity index (χ1n) is 11.9. The number of nitrogens with one attached hydrogen (secondary N) is 1. The molecule has 0 spiro atoms. The second kappa shape index (κ2) is 10.6. The summed E-state index contributed by atoms with van der Waals surface area (Å²) in [5, 5.41) is 14.1. The zero-order chi connectivity index (χ0) is 20.8. The highest BCUT2D eigenvalue weighted by Crippen LogP contribution is 2.21. The Hall–Kier alpha value is -1.63. The Morgan fingerprint density at radius 3 is 2.73 bits per heavy atom. The Morgan fingerprint density at radius 1 is 1.13 bits per heavy atom. The first kappa shape index (κ1) is 21.6. The summed E-state index contributed by atoms with van der Waals surface area (Å²) in [6.45, 7) is 12.0. The molecule has 1 aromatic rings. The van der Waals surface area contributed by atoms with E-state index >= 15 is 0 Å². The number of fused-ring (bicyclic) bond motifs is 1. The van der Waals surface area contributed by atoms with Crippen LogP contribution in [0.1, 0.15) is 37.3 Å². The number of aliphatic hydroxyl groups is 1. The van der Waals surface area contributed by atoms with Crippen LogP contribution in [-0.4, -0.2) is 90.8 Å². The first-order valence-corrected chi connectivity index (χ1v) is 11.9. The van der Waals surface area contributed by atoms with Crippen LogP contribution in [0.25, 0.3) is 0 Å². The predicted molar refractivity (Wildman–Crippen MR) is 123 cm³/mol. The molecule has 2 fully saturated rings. The Labute approximate surface area is 182 Å². The zero-order valence-electron chi connectivity index (χ0n) is 18.6. The van der Waals surface area contributed by atoms with Gasteiger partial charge in [-0.2, -0.15) is 0 Å². The minimum atomic E-state index is -0.424. The maximum atomic E-state index is 10.6. The Morgan fingerprint density at radius 2 is 1.93 bits per heavy atom. The van der Waals surface area contributed by atoms with Crippen LogP contribution < -0.4 is 5.32 Å². The van der Waals surface area contributed by atoms with Crippen LogP contribution >= 0.6 is 0 Å². The van der Waals surface area contributed by atoms with Crippen LogP contribution in [0.3, 0.4) is 0 Å². The molecule has 1 aromatic carbocycles. The monoisotopic (exact) mass is 413 g/mol. The van der Waals surface area contributed by atoms with Crippen LogP contribution in [0.15, 0.2) is 29.3 Å². The number of rotatable bonds is 7. The molecule has 2 N–H and O–H groups in total. The maximum Gasteiger partial charge on any atom is 0.194 e. The zero-order valence-corrected chi connectivity index (χ0v) is 18.6. The summed E-state index contributed by atoms with van der Waals surface area (Å²) in [6.07, 6.45) is 4.62. The largest absolute Gasteiger partial charge is 0.390 e. The van der Waals surface area contributed by atoms with Crippen molar-refractivity contribution in [2.24, 2.45) is 10.9 Å². The molecule has 0 aliphatic carbocycles. The van der Waals surface area contributed by atoms with Crippen molar-refractivity contribution in [2.75, 3.05) is 58.9 Å². The van der Waals surface area contributed by atoms with Crippen molar-refractivity contribution >= 4 is 5.96 Å². The predicted octanol–water partition coefficient (Wildman–Crippen LogP) is 1.79. The number of aliphatic hydroxyl groups excluding tert-OH is 1. The van der Waals surface area contributed by atoms with Crippen molar-refractivity contribution < 1.29 is 5.11 Å². The van der Waals surface area contributed by atoms with E-state index in [1.165, 1.54) is 50.0 Å². The van der Waals surface area contributed by atoms with Gasteiger partial charge in [0.1, 0.15) is 0 Å². The average molecular weight is 414 g/mol. The molecule has 3 aliphatic heterocycles. The van der Waals surface area contributed by atoms with Gasteiger partial charge in [-0.05, 0) is 62.7 Å². The molecule has 0 bridgehead atoms. The Bertz CT molecular complexity index is 703. The van der Waals surface area contributed by atoms with E-state index in [-0.39, 0.29) is 0 Å². The lowest BCUT2D eigenvalue weighted by atomic mass is 10.00. The van der Waals surface area contributed by atoms with E-state index in [1.807, 2.05) is 0 Å². The van der Waals surface area contributed by atoms with Crippen molar-refractivity contribution in [3.63, 3.8) is 0 Å². The molecular formula is C24H39N5O. The van der Waals surface area contributed by atoms with E-state index < -0.39 is 6.10 Å². The van der Waals surface area contributed by atoms with Crippen molar-refractivity contribution in [1.29, 1.82) is 0 Å². The molecule has 6 heteroatoms. The van der Waals surface area contributed by atoms with E-state index in [0.29, 0.717) is 13.1 Å². The second-order valence-electron chi connectivity index (χ2n) is 9.21. The molecular weight excluding hydrogens is 374 g/mol. The number of likely N-dealkylation sites (tertiary alicyclic amines) is 2. The molecule has 166 valence electrons. The lowest BCUT2D eigenvalue weighted by Gasteiger charge is -2.30. The molecule has 0 amide bonds. The molecule has 2 atom stereocenters. The van der Waals surface area contributed by atoms with Gasteiger partial charge in [-0.15, -0.1) is 0 Å². The third kappa shape index (κ3) is 5.74. The second-order valence-corrected chi connectivity index (χ2v) is 9.21. The highest BCUT2D eigenvalue weighted by Gasteiger charge is 2.27. The van der Waals surface area contributed by atoms with Gasteiger partial charge in [0.25, 0.3) is 0 Å². The topological polar surface area (TPSA) is 54.3 Å². The van der Waals surface area contributed by atoms with Crippen LogP contribution in [0.4, 0.5) is 0 Å². The summed E-state index contributed by atoms with van der Waals surface area (Å²) in [5.41, 5.74) is 2.85. The van der Waals surface area contributed by atoms with Gasteiger partial charge >= 0.3 is 0 Å². The maximum absolute atomic E-state index is 10.6. The molecule has 2 unspecified atom stereocenters. The first-order chi connectivity index (χ1) is 14.7. The summed E-state index contributed by atoms with van der Waals surface area (Å²) in [5.74, 6) is 1.72. The normalized spacial score (nSPS) is 24.3. The summed E-state index contributed by atoms with van der Waals surface area (Å²) in [6, 6.07) is 8.66. The highest BCUT2D eigenvalue weighted by atomic mass is 16.3. The van der Waals surface area contributed by atoms with Crippen molar-refractivity contribution in [1.82, 2.24) is 20.0 Å². The molecule has 3 aliphatic rings. The molecule has 0 aromatic heterocycles. The lowest BCUT2D eigenvalue weighted by molar-refractivity contribution is 0.111. The van der Waals surface area contributed by atoms with Gasteiger partial charge in [0.2, 0.25) is 0 Å². The third-order valence-electron chi connectivity index (χ3n) is 6.77. The molecule has 30 heavy (non-hydrogen) atoms. The standard InChI is InChI=1S/C24H39N5O/c1-2-25-24(29-14-9-20(17-29)16-27-11-5-6-12-27)26-15-23(30)19-28-13-10-21-7-3-4-8-22(21)18-28/h3-4,7-8,20,23,30H,2,5-6,9-19H2,1H3,(H,25,26). The molecule has 6 nitrogen and oxygen atoms in total. The fourth-order valence-electron chi connectivity index (χ4n) is 5.19. The number of guanidine groups is 1. The lowest BCUT2D eigenvalue weighted by Crippen LogP contribution is -2.42. The molecule has 2 saturated heterocycles. The SMILES string of the molecule is CCNC(=NCC(O)CN1CCc2ccccc2C1)N1CCC(CN2CCCC2)C1. The van der Waals surface area contributed by atoms with Gasteiger partial charge in [0.05, 0.1) is 12.6 Å². The number of nitrogens with zero attached hydrogens (tertiary/aromatic N) is 4. The van der Waals surface area contributed by atoms with E-state index in [0.717, 1.165) is 51.0 Å². The smallest absolute Gasteiger partial charge is 0.194 e. The van der Waals surface area contributed by atoms with Gasteiger partial charge in [-0.1, -0.05) is 24.3 Å². The quantitative estimate of drug-likeness (QED) is 0.527. The van der Waals surface area contributed by atoms with Gasteiger partial charge < -0.3 is 20.2 Å². The van der Waals surface area contributed by atoms with Crippen LogP contribution in [0, 0.1) is 5.92 Å². The van der Waals surface area contributed by atoms with Crippen molar-refractivity contribution in [3.8, 4) is 0 Å². The summed E-state index contributed by atoms with van der Waals surface area (Å²) < 4.78 is 0. The van der Waals surface area contributed by atoms with E-state index in [4.69, 9.17) is 4.99 Å². The summed E-state index contributed by atoms with van der Waals surface area (Å²) >= 11 is 0. The molecule has 0 saturated carbocycles. The molecule has 3 heterocycles. The van der Waals surface area contributed by atoms with Crippen molar-refractivity contribution in [3.05, 3.63) is 35.4 Å². The minimum absolute atomic E-state index is 0.424. The third-order valence-corrected chi connectivity index (χ3v) is 6.77. The number of aliphatic imine (C=N–C) groups is 1. The van der Waals surface area contributed by atoms with Gasteiger partial charge in [0.15, 0.2) is 5.96 Å². The Balaban J connectivity index is 1.26. The van der Waals surface area contributed by atoms with Crippen molar-refractivity contribution in [2.45, 2.75) is 45.3 Å². The number of hydrogen-bond acceptors (Lipinski definition) is 4. The van der Waals surface area contributed by atoms with E-state index in [9.17, 15) is 5.11 Å². The number of benzene rings is 1. The van der Waals surface area contributed by atoms with Gasteiger partial charge in [-0.25, -0.2) is 0 Å². The van der Waals surface area contributed by atoms with Gasteiger partial charge in [0, 0.05) is 45.8 Å². The molecule has 4 rings (SSSR count). The van der Waals surface area contributed by atoms with E-state index in [1.54, 1.807) is 0 Å². The fraction of sp³-hybridized carbons (Fsp3) is 0.708. The minimum Gasteiger partial charge on any atom is -0.390 e. The van der Waals surface area contributed by atoms with Gasteiger partial charge in [-0.3, -0.25) is 9.89 Å². The summed E-state index contributed by atoms with van der Waals surface area (Å²) in [7, 11) is 0. The Kier molecular flexibility index (Phi) is 7.63. The van der Waals surface area contributed by atoms with Crippen LogP contribution in [0.5, 0.6) is 0 Å². The van der Waals surface area contributed by atoms with Crippen LogP contribution in [0.2, 0.25) is 0 Å². The number of hydrogen-bond donors (Lipinski definition) is 2. The van der Waals surface area contributed by atoms with Crippen LogP contribution in [-0.2, 0) is 13.0 Å². The highest BCUT2D eigenvalue weighted by molar-refractivity contribution is 5.80.